The van der Waals surface area contributed by atoms with Crippen LogP contribution in [-0.4, -0.2) is 63.4 Å². The zero-order valence-electron chi connectivity index (χ0n) is 24.3. The van der Waals surface area contributed by atoms with Crippen molar-refractivity contribution in [2.24, 2.45) is 0 Å². The van der Waals surface area contributed by atoms with E-state index in [9.17, 15) is 14.3 Å². The standard InChI is InChI=1S/C31H30FN7O3S2/c1-19-16-21(37-38-28(19)36-31-34-23-9-4-5-10-25(23)43-31)18-33-30-35-27(29(40)41)26(44-30)11-7-15-42-24-13-12-20(17-22(24)32)8-6-14-39(2)3/h4-5,9-10,12-13,16-17H,7,11,14-15,18H2,1-3H3,(H,33,35)(H,40,41)(H,34,36,38). The number of carboxylic acid groups (broad SMARTS) is 1. The third-order valence-electron chi connectivity index (χ3n) is 6.24. The number of carbonyl (C=O) groups is 1. The number of carboxylic acids is 1. The summed E-state index contributed by atoms with van der Waals surface area (Å²) in [6.45, 7) is 3.05. The average molecular weight is 632 g/mol. The van der Waals surface area contributed by atoms with Crippen LogP contribution < -0.4 is 15.4 Å². The fourth-order valence-electron chi connectivity index (χ4n) is 4.12. The monoisotopic (exact) mass is 631 g/mol. The van der Waals surface area contributed by atoms with Gasteiger partial charge in [-0.2, -0.15) is 5.10 Å². The number of hydrogen-bond acceptors (Lipinski definition) is 11. The first-order chi connectivity index (χ1) is 21.2. The van der Waals surface area contributed by atoms with Crippen molar-refractivity contribution in [3.05, 3.63) is 81.7 Å². The normalized spacial score (nSPS) is 10.9. The average Bonchev–Trinajstić information content (AvgIpc) is 3.60. The number of fused-ring (bicyclic) bond motifs is 1. The molecule has 13 heteroatoms. The molecule has 3 heterocycles. The Kier molecular flexibility index (Phi) is 9.96. The molecule has 3 N–H and O–H groups in total. The van der Waals surface area contributed by atoms with Gasteiger partial charge in [0.05, 0.1) is 35.6 Å². The van der Waals surface area contributed by atoms with E-state index in [1.807, 2.05) is 56.3 Å². The summed E-state index contributed by atoms with van der Waals surface area (Å²) < 4.78 is 21.1. The van der Waals surface area contributed by atoms with Crippen molar-refractivity contribution >= 4 is 54.9 Å². The van der Waals surface area contributed by atoms with E-state index in [0.717, 1.165) is 20.9 Å². The van der Waals surface area contributed by atoms with Gasteiger partial charge in [-0.15, -0.1) is 16.4 Å². The lowest BCUT2D eigenvalue weighted by Crippen LogP contribution is -2.10. The Morgan fingerprint density at radius 1 is 1.09 bits per heavy atom. The van der Waals surface area contributed by atoms with Crippen molar-refractivity contribution in [2.75, 3.05) is 37.9 Å². The van der Waals surface area contributed by atoms with Crippen molar-refractivity contribution in [1.29, 1.82) is 0 Å². The highest BCUT2D eigenvalue weighted by molar-refractivity contribution is 7.22. The van der Waals surface area contributed by atoms with E-state index in [0.29, 0.717) is 53.0 Å². The van der Waals surface area contributed by atoms with E-state index in [2.05, 4.69) is 42.6 Å². The predicted octanol–water partition coefficient (Wildman–Crippen LogP) is 5.97. The van der Waals surface area contributed by atoms with Gasteiger partial charge in [0, 0.05) is 10.4 Å². The number of halogens is 1. The molecule has 0 fully saturated rings. The number of para-hydroxylation sites is 1. The summed E-state index contributed by atoms with van der Waals surface area (Å²) in [4.78, 5) is 23.2. The first-order valence-electron chi connectivity index (χ1n) is 13.7. The van der Waals surface area contributed by atoms with Crippen LogP contribution in [0.1, 0.15) is 38.6 Å². The molecular weight excluding hydrogens is 602 g/mol. The van der Waals surface area contributed by atoms with Crippen molar-refractivity contribution in [3.8, 4) is 17.6 Å². The van der Waals surface area contributed by atoms with Crippen LogP contribution in [0.4, 0.5) is 20.5 Å². The molecule has 44 heavy (non-hydrogen) atoms. The van der Waals surface area contributed by atoms with Crippen molar-refractivity contribution < 1.29 is 19.0 Å². The molecule has 5 aromatic rings. The number of ether oxygens (including phenoxy) is 1. The van der Waals surface area contributed by atoms with Crippen LogP contribution in [0.2, 0.25) is 0 Å². The number of nitrogens with one attached hydrogen (secondary N) is 2. The highest BCUT2D eigenvalue weighted by atomic mass is 32.1. The molecule has 0 amide bonds. The van der Waals surface area contributed by atoms with Crippen LogP contribution in [0.25, 0.3) is 10.2 Å². The summed E-state index contributed by atoms with van der Waals surface area (Å²) in [5.74, 6) is 5.04. The molecule has 0 radical (unpaired) electrons. The summed E-state index contributed by atoms with van der Waals surface area (Å²) in [6, 6.07) is 14.4. The summed E-state index contributed by atoms with van der Waals surface area (Å²) >= 11 is 2.80. The maximum Gasteiger partial charge on any atom is 0.355 e. The molecule has 0 saturated heterocycles. The van der Waals surface area contributed by atoms with Crippen LogP contribution >= 0.6 is 22.7 Å². The number of aryl methyl sites for hydroxylation is 2. The molecule has 5 rings (SSSR count). The van der Waals surface area contributed by atoms with Gasteiger partial charge in [0.25, 0.3) is 0 Å². The molecule has 0 aliphatic carbocycles. The topological polar surface area (TPSA) is 125 Å². The lowest BCUT2D eigenvalue weighted by atomic mass is 10.2. The molecule has 226 valence electrons. The fraction of sp³-hybridized carbons (Fsp3) is 0.258. The van der Waals surface area contributed by atoms with Crippen molar-refractivity contribution in [3.63, 3.8) is 0 Å². The fourth-order valence-corrected chi connectivity index (χ4v) is 5.97. The van der Waals surface area contributed by atoms with Gasteiger partial charge in [-0.1, -0.05) is 35.3 Å². The van der Waals surface area contributed by atoms with Gasteiger partial charge in [-0.25, -0.2) is 19.2 Å². The third kappa shape index (κ3) is 8.04. The zero-order valence-corrected chi connectivity index (χ0v) is 26.0. The van der Waals surface area contributed by atoms with E-state index in [1.54, 1.807) is 23.5 Å². The SMILES string of the molecule is Cc1cc(CNc2nc(C(=O)O)c(CCCOc3ccc(C#CCN(C)C)cc3F)s2)nnc1Nc1nc2ccccc2s1. The minimum absolute atomic E-state index is 0.0121. The molecular formula is C31H30FN7O3S2. The molecule has 2 aromatic carbocycles. The molecule has 0 aliphatic rings. The second-order valence-electron chi connectivity index (χ2n) is 10.1. The van der Waals surface area contributed by atoms with E-state index in [-0.39, 0.29) is 18.1 Å². The Balaban J connectivity index is 1.14. The molecule has 0 spiro atoms. The number of benzene rings is 2. The van der Waals surface area contributed by atoms with Crippen molar-refractivity contribution in [1.82, 2.24) is 25.1 Å². The Labute approximate surface area is 262 Å². The summed E-state index contributed by atoms with van der Waals surface area (Å²) in [6.07, 6.45) is 0.904. The van der Waals surface area contributed by atoms with Gasteiger partial charge in [0.1, 0.15) is 0 Å². The number of rotatable bonds is 12. The smallest absolute Gasteiger partial charge is 0.355 e. The van der Waals surface area contributed by atoms with Crippen LogP contribution in [0, 0.1) is 24.6 Å². The molecule has 0 unspecified atom stereocenters. The summed E-state index contributed by atoms with van der Waals surface area (Å²) in [5.41, 5.74) is 3.05. The quantitative estimate of drug-likeness (QED) is 0.112. The van der Waals surface area contributed by atoms with Gasteiger partial charge < -0.3 is 20.5 Å². The predicted molar refractivity (Wildman–Crippen MR) is 172 cm³/mol. The number of anilines is 3. The largest absolute Gasteiger partial charge is 0.491 e. The lowest BCUT2D eigenvalue weighted by Gasteiger charge is -2.07. The summed E-state index contributed by atoms with van der Waals surface area (Å²) in [5, 5.41) is 25.9. The summed E-state index contributed by atoms with van der Waals surface area (Å²) in [7, 11) is 3.83. The maximum absolute atomic E-state index is 14.5. The molecule has 0 bridgehead atoms. The second-order valence-corrected chi connectivity index (χ2v) is 12.2. The highest BCUT2D eigenvalue weighted by Crippen LogP contribution is 2.29. The molecule has 0 atom stereocenters. The van der Waals surface area contributed by atoms with E-state index < -0.39 is 11.8 Å². The van der Waals surface area contributed by atoms with Crippen LogP contribution in [0.3, 0.4) is 0 Å². The Morgan fingerprint density at radius 2 is 1.93 bits per heavy atom. The molecule has 10 nitrogen and oxygen atoms in total. The van der Waals surface area contributed by atoms with Gasteiger partial charge in [0.2, 0.25) is 0 Å². The first-order valence-corrected chi connectivity index (χ1v) is 15.4. The number of nitrogens with zero attached hydrogens (tertiary/aromatic N) is 5. The maximum atomic E-state index is 14.5. The number of aromatic nitrogens is 4. The first kappa shape index (κ1) is 30.8. The Bertz CT molecular complexity index is 1810. The highest BCUT2D eigenvalue weighted by Gasteiger charge is 2.18. The van der Waals surface area contributed by atoms with Crippen molar-refractivity contribution in [2.45, 2.75) is 26.3 Å². The zero-order chi connectivity index (χ0) is 31.1. The Hall–Kier alpha value is -4.64. The number of hydrogen-bond donors (Lipinski definition) is 3. The minimum atomic E-state index is -1.11. The molecule has 0 saturated carbocycles. The van der Waals surface area contributed by atoms with Crippen LogP contribution in [0.5, 0.6) is 5.75 Å². The molecule has 0 aliphatic heterocycles. The lowest BCUT2D eigenvalue weighted by molar-refractivity contribution is 0.0690. The van der Waals surface area contributed by atoms with E-state index in [1.165, 1.54) is 17.4 Å². The van der Waals surface area contributed by atoms with E-state index >= 15 is 0 Å². The number of thiazole rings is 2. The number of aromatic carboxylic acids is 1. The van der Waals surface area contributed by atoms with Gasteiger partial charge >= 0.3 is 5.97 Å². The molecule has 3 aromatic heterocycles. The van der Waals surface area contributed by atoms with Crippen LogP contribution in [0.15, 0.2) is 48.5 Å². The minimum Gasteiger partial charge on any atom is -0.491 e. The van der Waals surface area contributed by atoms with Gasteiger partial charge in [-0.3, -0.25) is 4.90 Å². The Morgan fingerprint density at radius 3 is 2.68 bits per heavy atom. The second kappa shape index (κ2) is 14.2. The van der Waals surface area contributed by atoms with Gasteiger partial charge in [-0.05, 0) is 75.8 Å². The third-order valence-corrected chi connectivity index (χ3v) is 8.27. The van der Waals surface area contributed by atoms with Gasteiger partial charge in [0.15, 0.2) is 33.3 Å². The van der Waals surface area contributed by atoms with E-state index in [4.69, 9.17) is 4.74 Å². The van der Waals surface area contributed by atoms with Crippen LogP contribution in [-0.2, 0) is 13.0 Å².